The molecule has 0 amide bonds. The van der Waals surface area contributed by atoms with Crippen molar-refractivity contribution in [3.63, 3.8) is 0 Å². The van der Waals surface area contributed by atoms with Gasteiger partial charge in [-0.1, -0.05) is 11.8 Å². The zero-order valence-electron chi connectivity index (χ0n) is 13.2. The number of rotatable bonds is 5. The fourth-order valence-electron chi connectivity index (χ4n) is 1.94. The highest BCUT2D eigenvalue weighted by atomic mass is 32.2. The Kier molecular flexibility index (Phi) is 4.34. The van der Waals surface area contributed by atoms with E-state index < -0.39 is 4.92 Å². The molecule has 0 N–H and O–H groups in total. The second kappa shape index (κ2) is 6.44. The summed E-state index contributed by atoms with van der Waals surface area (Å²) in [5.41, 5.74) is 1.48. The summed E-state index contributed by atoms with van der Waals surface area (Å²) in [5.74, 6) is 1.52. The highest BCUT2D eigenvalue weighted by Crippen LogP contribution is 2.35. The van der Waals surface area contributed by atoms with Crippen LogP contribution in [0.15, 0.2) is 38.3 Å². The Bertz CT molecular complexity index is 852. The van der Waals surface area contributed by atoms with Crippen LogP contribution >= 0.6 is 11.8 Å². The molecule has 24 heavy (non-hydrogen) atoms. The molecule has 2 aromatic heterocycles. The lowest BCUT2D eigenvalue weighted by Gasteiger charge is -2.02. The van der Waals surface area contributed by atoms with Crippen molar-refractivity contribution in [3.05, 3.63) is 51.7 Å². The molecule has 0 saturated carbocycles. The van der Waals surface area contributed by atoms with Crippen LogP contribution in [0, 0.1) is 24.0 Å². The summed E-state index contributed by atoms with van der Waals surface area (Å²) >= 11 is 1.38. The smallest absolute Gasteiger partial charge is 0.269 e. The van der Waals surface area contributed by atoms with E-state index in [0.29, 0.717) is 22.6 Å². The van der Waals surface area contributed by atoms with Crippen LogP contribution in [0.25, 0.3) is 11.5 Å². The quantitative estimate of drug-likeness (QED) is 0.386. The monoisotopic (exact) mass is 346 g/mol. The lowest BCUT2D eigenvalue weighted by molar-refractivity contribution is -0.384. The number of benzene rings is 1. The largest absolute Gasteiger partial charge is 0.437 e. The van der Waals surface area contributed by atoms with Gasteiger partial charge in [0.15, 0.2) is 0 Å². The second-order valence-electron chi connectivity index (χ2n) is 5.13. The summed E-state index contributed by atoms with van der Waals surface area (Å²) in [6.07, 6.45) is 0. The second-order valence-corrected chi connectivity index (χ2v) is 6.42. The number of aryl methyl sites for hydroxylation is 2. The Balaban J connectivity index is 1.75. The standard InChI is InChI=1S/C15H14N4O4S/c1-8-9(2)22-15(16-8)24-10(3)13-17-18-14(23-13)11-4-6-12(7-5-11)19(20)21/h4-7,10H,1-3H3. The van der Waals surface area contributed by atoms with Crippen LogP contribution in [0.2, 0.25) is 0 Å². The summed E-state index contributed by atoms with van der Waals surface area (Å²) in [6, 6.07) is 5.95. The van der Waals surface area contributed by atoms with Crippen molar-refractivity contribution in [1.82, 2.24) is 15.2 Å². The molecule has 0 aliphatic carbocycles. The van der Waals surface area contributed by atoms with E-state index in [-0.39, 0.29) is 10.9 Å². The molecule has 9 heteroatoms. The summed E-state index contributed by atoms with van der Waals surface area (Å²) < 4.78 is 11.2. The number of nitro groups is 1. The zero-order chi connectivity index (χ0) is 17.3. The van der Waals surface area contributed by atoms with E-state index in [1.165, 1.54) is 23.9 Å². The molecule has 0 aliphatic heterocycles. The van der Waals surface area contributed by atoms with Gasteiger partial charge in [0.2, 0.25) is 11.8 Å². The molecule has 2 heterocycles. The normalized spacial score (nSPS) is 12.3. The topological polar surface area (TPSA) is 108 Å². The van der Waals surface area contributed by atoms with Gasteiger partial charge in [-0.2, -0.15) is 0 Å². The number of aromatic nitrogens is 3. The van der Waals surface area contributed by atoms with Gasteiger partial charge < -0.3 is 8.83 Å². The maximum Gasteiger partial charge on any atom is 0.269 e. The van der Waals surface area contributed by atoms with Gasteiger partial charge >= 0.3 is 0 Å². The third-order valence-electron chi connectivity index (χ3n) is 3.40. The van der Waals surface area contributed by atoms with E-state index in [1.807, 2.05) is 20.8 Å². The van der Waals surface area contributed by atoms with Gasteiger partial charge in [0.1, 0.15) is 5.76 Å². The Morgan fingerprint density at radius 3 is 2.46 bits per heavy atom. The zero-order valence-corrected chi connectivity index (χ0v) is 14.0. The highest BCUT2D eigenvalue weighted by Gasteiger charge is 2.19. The Hall–Kier alpha value is -2.68. The van der Waals surface area contributed by atoms with Gasteiger partial charge in [-0.05, 0) is 32.9 Å². The first-order chi connectivity index (χ1) is 11.4. The molecule has 3 aromatic rings. The van der Waals surface area contributed by atoms with Crippen LogP contribution < -0.4 is 0 Å². The fourth-order valence-corrected chi connectivity index (χ4v) is 2.80. The third-order valence-corrected chi connectivity index (χ3v) is 4.33. The van der Waals surface area contributed by atoms with Crippen LogP contribution in [-0.4, -0.2) is 20.1 Å². The lowest BCUT2D eigenvalue weighted by atomic mass is 10.2. The van der Waals surface area contributed by atoms with Gasteiger partial charge in [0.05, 0.1) is 15.9 Å². The third kappa shape index (κ3) is 3.30. The molecule has 0 fully saturated rings. The maximum absolute atomic E-state index is 10.7. The van der Waals surface area contributed by atoms with Crippen LogP contribution in [-0.2, 0) is 0 Å². The molecule has 1 atom stereocenters. The number of thioether (sulfide) groups is 1. The summed E-state index contributed by atoms with van der Waals surface area (Å²) in [6.45, 7) is 5.65. The predicted octanol–water partition coefficient (Wildman–Crippen LogP) is 4.10. The fraction of sp³-hybridized carbons (Fsp3) is 0.267. The molecule has 0 bridgehead atoms. The number of non-ortho nitro benzene ring substituents is 1. The van der Waals surface area contributed by atoms with E-state index in [9.17, 15) is 10.1 Å². The summed E-state index contributed by atoms with van der Waals surface area (Å²) in [4.78, 5) is 14.5. The number of nitro benzene ring substituents is 1. The van der Waals surface area contributed by atoms with Gasteiger partial charge in [0, 0.05) is 17.7 Å². The number of oxazole rings is 1. The van der Waals surface area contributed by atoms with Crippen molar-refractivity contribution >= 4 is 17.4 Å². The Labute approximate surface area is 141 Å². The minimum absolute atomic E-state index is 0.0112. The average Bonchev–Trinajstić information content (AvgIpc) is 3.15. The van der Waals surface area contributed by atoms with Crippen molar-refractivity contribution < 1.29 is 13.8 Å². The van der Waals surface area contributed by atoms with Crippen molar-refractivity contribution in [2.45, 2.75) is 31.2 Å². The molecule has 0 radical (unpaired) electrons. The van der Waals surface area contributed by atoms with Gasteiger partial charge in [-0.15, -0.1) is 10.2 Å². The molecular weight excluding hydrogens is 332 g/mol. The van der Waals surface area contributed by atoms with Crippen molar-refractivity contribution in [2.24, 2.45) is 0 Å². The number of hydrogen-bond acceptors (Lipinski definition) is 8. The van der Waals surface area contributed by atoms with E-state index in [2.05, 4.69) is 15.2 Å². The average molecular weight is 346 g/mol. The minimum Gasteiger partial charge on any atom is -0.437 e. The molecule has 1 unspecified atom stereocenters. The minimum atomic E-state index is -0.456. The Morgan fingerprint density at radius 1 is 1.17 bits per heavy atom. The van der Waals surface area contributed by atoms with E-state index >= 15 is 0 Å². The van der Waals surface area contributed by atoms with Crippen molar-refractivity contribution in [3.8, 4) is 11.5 Å². The molecular formula is C15H14N4O4S. The summed E-state index contributed by atoms with van der Waals surface area (Å²) in [7, 11) is 0. The SMILES string of the molecule is Cc1nc(SC(C)c2nnc(-c3ccc([N+](=O)[O-])cc3)o2)oc1C. The van der Waals surface area contributed by atoms with E-state index in [0.717, 1.165) is 11.5 Å². The molecule has 0 aliphatic rings. The van der Waals surface area contributed by atoms with Gasteiger partial charge in [-0.3, -0.25) is 10.1 Å². The Morgan fingerprint density at radius 2 is 1.88 bits per heavy atom. The van der Waals surface area contributed by atoms with Crippen molar-refractivity contribution in [1.29, 1.82) is 0 Å². The lowest BCUT2D eigenvalue weighted by Crippen LogP contribution is -1.88. The van der Waals surface area contributed by atoms with Crippen LogP contribution in [0.3, 0.4) is 0 Å². The van der Waals surface area contributed by atoms with Gasteiger partial charge in [0.25, 0.3) is 10.9 Å². The van der Waals surface area contributed by atoms with Crippen LogP contribution in [0.4, 0.5) is 5.69 Å². The highest BCUT2D eigenvalue weighted by molar-refractivity contribution is 7.99. The molecule has 3 rings (SSSR count). The first kappa shape index (κ1) is 16.2. The summed E-state index contributed by atoms with van der Waals surface area (Å²) in [5, 5.41) is 19.1. The van der Waals surface area contributed by atoms with Crippen molar-refractivity contribution in [2.75, 3.05) is 0 Å². The van der Waals surface area contributed by atoms with E-state index in [4.69, 9.17) is 8.83 Å². The van der Waals surface area contributed by atoms with Crippen LogP contribution in [0.5, 0.6) is 0 Å². The maximum atomic E-state index is 10.7. The van der Waals surface area contributed by atoms with Gasteiger partial charge in [-0.25, -0.2) is 4.98 Å². The first-order valence-electron chi connectivity index (χ1n) is 7.13. The van der Waals surface area contributed by atoms with Crippen LogP contribution in [0.1, 0.15) is 29.5 Å². The molecule has 8 nitrogen and oxygen atoms in total. The molecule has 124 valence electrons. The van der Waals surface area contributed by atoms with E-state index in [1.54, 1.807) is 12.1 Å². The predicted molar refractivity (Wildman–Crippen MR) is 86.6 cm³/mol. The molecule has 1 aromatic carbocycles. The number of hydrogen-bond donors (Lipinski definition) is 0. The number of nitrogens with zero attached hydrogens (tertiary/aromatic N) is 4. The molecule has 0 spiro atoms. The molecule has 0 saturated heterocycles. The first-order valence-corrected chi connectivity index (χ1v) is 8.01.